The van der Waals surface area contributed by atoms with Gasteiger partial charge in [-0.2, -0.15) is 0 Å². The number of benzene rings is 1. The minimum absolute atomic E-state index is 0.0612. The Morgan fingerprint density at radius 1 is 1.26 bits per heavy atom. The average Bonchev–Trinajstić information content (AvgIpc) is 2.45. The molecule has 1 aromatic carbocycles. The van der Waals surface area contributed by atoms with Gasteiger partial charge in [-0.1, -0.05) is 0 Å². The van der Waals surface area contributed by atoms with Crippen LogP contribution in [-0.2, 0) is 9.47 Å². The van der Waals surface area contributed by atoms with E-state index in [-0.39, 0.29) is 31.1 Å². The fraction of sp³-hybridized carbons (Fsp3) is 0.500. The van der Waals surface area contributed by atoms with E-state index in [4.69, 9.17) is 14.2 Å². The number of amides is 1. The molecule has 0 heterocycles. The van der Waals surface area contributed by atoms with Gasteiger partial charge in [-0.05, 0) is 39.0 Å². The van der Waals surface area contributed by atoms with Crippen LogP contribution in [-0.4, -0.2) is 44.3 Å². The van der Waals surface area contributed by atoms with Crippen molar-refractivity contribution < 1.29 is 28.2 Å². The topological polar surface area (TPSA) is 73.9 Å². The molecule has 128 valence electrons. The van der Waals surface area contributed by atoms with Crippen molar-refractivity contribution in [3.8, 4) is 5.75 Å². The van der Waals surface area contributed by atoms with Crippen molar-refractivity contribution in [2.24, 2.45) is 0 Å². The smallest absolute Gasteiger partial charge is 0.407 e. The van der Waals surface area contributed by atoms with Gasteiger partial charge in [-0.3, -0.25) is 4.79 Å². The number of nitrogens with one attached hydrogen (secondary N) is 1. The van der Waals surface area contributed by atoms with Crippen molar-refractivity contribution >= 4 is 12.4 Å². The second kappa shape index (κ2) is 9.09. The number of hydrogen-bond acceptors (Lipinski definition) is 5. The summed E-state index contributed by atoms with van der Waals surface area (Å²) in [5.41, 5.74) is -0.290. The highest BCUT2D eigenvalue weighted by Gasteiger charge is 2.15. The van der Waals surface area contributed by atoms with E-state index in [0.717, 1.165) is 6.07 Å². The molecule has 23 heavy (non-hydrogen) atoms. The molecule has 1 amide bonds. The third-order valence-corrected chi connectivity index (χ3v) is 2.49. The van der Waals surface area contributed by atoms with Crippen molar-refractivity contribution in [2.75, 3.05) is 26.4 Å². The monoisotopic (exact) mass is 327 g/mol. The lowest BCUT2D eigenvalue weighted by Gasteiger charge is -2.19. The van der Waals surface area contributed by atoms with Crippen LogP contribution in [0.4, 0.5) is 9.18 Å². The van der Waals surface area contributed by atoms with Gasteiger partial charge in [-0.25, -0.2) is 9.18 Å². The number of carbonyl (C=O) groups is 2. The summed E-state index contributed by atoms with van der Waals surface area (Å²) >= 11 is 0. The van der Waals surface area contributed by atoms with Gasteiger partial charge >= 0.3 is 6.09 Å². The molecule has 0 unspecified atom stereocenters. The molecule has 0 aliphatic carbocycles. The molecule has 1 rings (SSSR count). The summed E-state index contributed by atoms with van der Waals surface area (Å²) < 4.78 is 29.0. The summed E-state index contributed by atoms with van der Waals surface area (Å²) in [7, 11) is 0. The first-order chi connectivity index (χ1) is 10.8. The number of aldehydes is 1. The second-order valence-corrected chi connectivity index (χ2v) is 5.70. The normalized spacial score (nSPS) is 11.0. The van der Waals surface area contributed by atoms with E-state index in [2.05, 4.69) is 5.32 Å². The summed E-state index contributed by atoms with van der Waals surface area (Å²) in [4.78, 5) is 21.8. The van der Waals surface area contributed by atoms with Gasteiger partial charge in [0.1, 0.15) is 18.5 Å². The second-order valence-electron chi connectivity index (χ2n) is 5.70. The zero-order valence-corrected chi connectivity index (χ0v) is 13.6. The van der Waals surface area contributed by atoms with Gasteiger partial charge < -0.3 is 19.5 Å². The molecule has 7 heteroatoms. The van der Waals surface area contributed by atoms with Gasteiger partial charge in [-0.15, -0.1) is 0 Å². The van der Waals surface area contributed by atoms with Crippen LogP contribution >= 0.6 is 0 Å². The molecule has 6 nitrogen and oxygen atoms in total. The third kappa shape index (κ3) is 8.15. The first-order valence-electron chi connectivity index (χ1n) is 7.24. The van der Waals surface area contributed by atoms with Crippen molar-refractivity contribution in [2.45, 2.75) is 26.4 Å². The molecule has 0 radical (unpaired) electrons. The van der Waals surface area contributed by atoms with Crippen LogP contribution in [0.25, 0.3) is 0 Å². The number of carbonyl (C=O) groups excluding carboxylic acids is 2. The first-order valence-corrected chi connectivity index (χ1v) is 7.24. The molecule has 0 spiro atoms. The van der Waals surface area contributed by atoms with E-state index in [1.54, 1.807) is 20.8 Å². The van der Waals surface area contributed by atoms with Crippen LogP contribution in [0.5, 0.6) is 5.75 Å². The van der Waals surface area contributed by atoms with Crippen LogP contribution in [0.1, 0.15) is 31.1 Å². The lowest BCUT2D eigenvalue weighted by Crippen LogP contribution is -2.34. The number of halogens is 1. The van der Waals surface area contributed by atoms with Crippen LogP contribution in [0, 0.1) is 5.82 Å². The molecule has 0 aromatic heterocycles. The molecule has 0 aliphatic rings. The van der Waals surface area contributed by atoms with Gasteiger partial charge in [0, 0.05) is 12.1 Å². The summed E-state index contributed by atoms with van der Waals surface area (Å²) in [6.45, 7) is 6.32. The van der Waals surface area contributed by atoms with Crippen molar-refractivity contribution in [3.63, 3.8) is 0 Å². The quantitative estimate of drug-likeness (QED) is 0.587. The van der Waals surface area contributed by atoms with E-state index < -0.39 is 17.5 Å². The maximum atomic E-state index is 13.5. The lowest BCUT2D eigenvalue weighted by atomic mass is 10.2. The van der Waals surface area contributed by atoms with E-state index in [9.17, 15) is 14.0 Å². The highest BCUT2D eigenvalue weighted by atomic mass is 19.1. The molecule has 0 bridgehead atoms. The Labute approximate surface area is 134 Å². The summed E-state index contributed by atoms with van der Waals surface area (Å²) in [5, 5.41) is 2.55. The Bertz CT molecular complexity index is 528. The van der Waals surface area contributed by atoms with Crippen molar-refractivity contribution in [3.05, 3.63) is 29.6 Å². The standard InChI is InChI=1S/C16H22FNO5/c1-16(2,3)23-15(20)18-6-7-21-8-9-22-14-5-4-12(11-19)10-13(14)17/h4-5,10-11H,6-9H2,1-3H3,(H,18,20). The van der Waals surface area contributed by atoms with E-state index in [1.807, 2.05) is 0 Å². The Morgan fingerprint density at radius 2 is 2.00 bits per heavy atom. The fourth-order valence-electron chi connectivity index (χ4n) is 1.56. The first kappa shape index (κ1) is 18.9. The minimum atomic E-state index is -0.596. The largest absolute Gasteiger partial charge is 0.488 e. The van der Waals surface area contributed by atoms with Crippen LogP contribution in [0.3, 0.4) is 0 Å². The highest BCUT2D eigenvalue weighted by molar-refractivity contribution is 5.74. The van der Waals surface area contributed by atoms with E-state index >= 15 is 0 Å². The maximum absolute atomic E-state index is 13.5. The maximum Gasteiger partial charge on any atom is 0.407 e. The Kier molecular flexibility index (Phi) is 7.47. The molecule has 0 aliphatic heterocycles. The fourth-order valence-corrected chi connectivity index (χ4v) is 1.56. The predicted molar refractivity (Wildman–Crippen MR) is 82.3 cm³/mol. The predicted octanol–water partition coefficient (Wildman–Crippen LogP) is 2.56. The zero-order chi connectivity index (χ0) is 17.3. The Morgan fingerprint density at radius 3 is 2.61 bits per heavy atom. The molecular weight excluding hydrogens is 305 g/mol. The molecule has 0 atom stereocenters. The van der Waals surface area contributed by atoms with Gasteiger partial charge in [0.05, 0.1) is 13.2 Å². The number of hydrogen-bond donors (Lipinski definition) is 1. The average molecular weight is 327 g/mol. The summed E-state index contributed by atoms with van der Waals surface area (Å²) in [5.74, 6) is -0.535. The van der Waals surface area contributed by atoms with Gasteiger partial charge in [0.2, 0.25) is 0 Å². The molecule has 0 fully saturated rings. The van der Waals surface area contributed by atoms with Crippen LogP contribution < -0.4 is 10.1 Å². The number of ether oxygens (including phenoxy) is 3. The molecule has 1 aromatic rings. The molecule has 0 saturated carbocycles. The summed E-state index contributed by atoms with van der Waals surface area (Å²) in [6.07, 6.45) is 0.0582. The number of alkyl carbamates (subject to hydrolysis) is 1. The molecular formula is C16H22FNO5. The Hall–Kier alpha value is -2.15. The van der Waals surface area contributed by atoms with Crippen LogP contribution in [0.2, 0.25) is 0 Å². The van der Waals surface area contributed by atoms with E-state index in [0.29, 0.717) is 12.8 Å². The van der Waals surface area contributed by atoms with Crippen LogP contribution in [0.15, 0.2) is 18.2 Å². The number of rotatable bonds is 8. The highest BCUT2D eigenvalue weighted by Crippen LogP contribution is 2.17. The van der Waals surface area contributed by atoms with Gasteiger partial charge in [0.15, 0.2) is 11.6 Å². The zero-order valence-electron chi connectivity index (χ0n) is 13.6. The third-order valence-electron chi connectivity index (χ3n) is 2.49. The van der Waals surface area contributed by atoms with Crippen molar-refractivity contribution in [1.29, 1.82) is 0 Å². The van der Waals surface area contributed by atoms with Crippen molar-refractivity contribution in [1.82, 2.24) is 5.32 Å². The lowest BCUT2D eigenvalue weighted by molar-refractivity contribution is 0.0488. The van der Waals surface area contributed by atoms with E-state index in [1.165, 1.54) is 12.1 Å². The summed E-state index contributed by atoms with van der Waals surface area (Å²) in [6, 6.07) is 3.97. The SMILES string of the molecule is CC(C)(C)OC(=O)NCCOCCOc1ccc(C=O)cc1F. The Balaban J connectivity index is 2.12. The van der Waals surface area contributed by atoms with Gasteiger partial charge in [0.25, 0.3) is 0 Å². The molecule has 1 N–H and O–H groups in total. The molecule has 0 saturated heterocycles. The minimum Gasteiger partial charge on any atom is -0.488 e.